The molecular weight excluding hydrogens is 303 g/mol. The summed E-state index contributed by atoms with van der Waals surface area (Å²) in [5, 5.41) is 0. The van der Waals surface area contributed by atoms with Crippen molar-refractivity contribution in [2.45, 2.75) is 30.9 Å². The molecule has 2 heterocycles. The quantitative estimate of drug-likeness (QED) is 0.802. The summed E-state index contributed by atoms with van der Waals surface area (Å²) in [6, 6.07) is 5.85. The van der Waals surface area contributed by atoms with Crippen molar-refractivity contribution in [3.05, 3.63) is 35.6 Å². The molecule has 2 amide bonds. The Labute approximate surface area is 132 Å². The SMILES string of the molecule is NC(=O)C12C(=O)COC1CCN2C(=O)CCc1ccc(F)cc1. The number of fused-ring (bicyclic) bond motifs is 1. The zero-order valence-corrected chi connectivity index (χ0v) is 12.5. The van der Waals surface area contributed by atoms with E-state index in [9.17, 15) is 18.8 Å². The van der Waals surface area contributed by atoms with Gasteiger partial charge in [0.05, 0.1) is 6.10 Å². The number of primary amides is 1. The van der Waals surface area contributed by atoms with Crippen LogP contribution in [-0.2, 0) is 25.5 Å². The Bertz CT molecular complexity index is 661. The number of amides is 2. The molecule has 2 fully saturated rings. The van der Waals surface area contributed by atoms with Crippen LogP contribution in [0.25, 0.3) is 0 Å². The zero-order chi connectivity index (χ0) is 16.6. The third-order valence-electron chi connectivity index (χ3n) is 4.56. The van der Waals surface area contributed by atoms with E-state index in [4.69, 9.17) is 10.5 Å². The van der Waals surface area contributed by atoms with E-state index in [2.05, 4.69) is 0 Å². The molecule has 3 rings (SSSR count). The van der Waals surface area contributed by atoms with E-state index < -0.39 is 23.3 Å². The van der Waals surface area contributed by atoms with Crippen LogP contribution in [0, 0.1) is 5.82 Å². The molecule has 2 aliphatic heterocycles. The van der Waals surface area contributed by atoms with Crippen LogP contribution in [0.15, 0.2) is 24.3 Å². The number of aryl methyl sites for hydroxylation is 1. The molecule has 0 bridgehead atoms. The highest BCUT2D eigenvalue weighted by Gasteiger charge is 2.64. The molecule has 0 radical (unpaired) electrons. The number of hydrogen-bond acceptors (Lipinski definition) is 4. The number of benzene rings is 1. The highest BCUT2D eigenvalue weighted by atomic mass is 19.1. The summed E-state index contributed by atoms with van der Waals surface area (Å²) >= 11 is 0. The highest BCUT2D eigenvalue weighted by molar-refractivity contribution is 6.15. The summed E-state index contributed by atoms with van der Waals surface area (Å²) in [4.78, 5) is 37.9. The number of ether oxygens (including phenoxy) is 1. The van der Waals surface area contributed by atoms with E-state index in [1.165, 1.54) is 17.0 Å². The average Bonchev–Trinajstić information content (AvgIpc) is 3.06. The lowest BCUT2D eigenvalue weighted by molar-refractivity contribution is -0.150. The predicted octanol–water partition coefficient (Wildman–Crippen LogP) is 0.183. The molecule has 6 nitrogen and oxygen atoms in total. The first-order valence-corrected chi connectivity index (χ1v) is 7.46. The van der Waals surface area contributed by atoms with Gasteiger partial charge in [0, 0.05) is 13.0 Å². The van der Waals surface area contributed by atoms with E-state index in [1.54, 1.807) is 12.1 Å². The van der Waals surface area contributed by atoms with Gasteiger partial charge in [0.25, 0.3) is 5.91 Å². The van der Waals surface area contributed by atoms with Gasteiger partial charge in [-0.25, -0.2) is 4.39 Å². The Balaban J connectivity index is 1.75. The second-order valence-corrected chi connectivity index (χ2v) is 5.81. The molecule has 0 aromatic heterocycles. The number of carbonyl (C=O) groups excluding carboxylic acids is 3. The molecule has 122 valence electrons. The monoisotopic (exact) mass is 320 g/mol. The van der Waals surface area contributed by atoms with Gasteiger partial charge >= 0.3 is 0 Å². The number of rotatable bonds is 4. The van der Waals surface area contributed by atoms with Crippen molar-refractivity contribution in [1.29, 1.82) is 0 Å². The Morgan fingerprint density at radius 2 is 2.04 bits per heavy atom. The van der Waals surface area contributed by atoms with Gasteiger partial charge in [0.1, 0.15) is 12.4 Å². The molecular formula is C16H17FN2O4. The Kier molecular flexibility index (Phi) is 3.89. The van der Waals surface area contributed by atoms with Crippen LogP contribution in [0.3, 0.4) is 0 Å². The molecule has 0 spiro atoms. The molecule has 2 aliphatic rings. The molecule has 2 unspecified atom stereocenters. The number of likely N-dealkylation sites (tertiary alicyclic amines) is 1. The van der Waals surface area contributed by atoms with Gasteiger partial charge in [-0.3, -0.25) is 14.4 Å². The Morgan fingerprint density at radius 1 is 1.35 bits per heavy atom. The fourth-order valence-corrected chi connectivity index (χ4v) is 3.41. The van der Waals surface area contributed by atoms with Crippen LogP contribution in [0.2, 0.25) is 0 Å². The summed E-state index contributed by atoms with van der Waals surface area (Å²) in [5.41, 5.74) is 4.59. The highest BCUT2D eigenvalue weighted by Crippen LogP contribution is 2.38. The van der Waals surface area contributed by atoms with Gasteiger partial charge in [-0.05, 0) is 30.5 Å². The molecule has 2 N–H and O–H groups in total. The molecule has 0 saturated carbocycles. The summed E-state index contributed by atoms with van der Waals surface area (Å²) in [6.07, 6.45) is 0.268. The van der Waals surface area contributed by atoms with E-state index in [0.29, 0.717) is 12.8 Å². The molecule has 2 saturated heterocycles. The first-order valence-electron chi connectivity index (χ1n) is 7.46. The van der Waals surface area contributed by atoms with Gasteiger partial charge in [-0.1, -0.05) is 12.1 Å². The molecule has 7 heteroatoms. The van der Waals surface area contributed by atoms with Gasteiger partial charge in [-0.15, -0.1) is 0 Å². The second kappa shape index (κ2) is 5.73. The van der Waals surface area contributed by atoms with Gasteiger partial charge in [-0.2, -0.15) is 0 Å². The molecule has 0 aliphatic carbocycles. The van der Waals surface area contributed by atoms with Gasteiger partial charge < -0.3 is 15.4 Å². The standard InChI is InChI=1S/C16H17FN2O4/c17-11-4-1-10(2-5-11)3-6-14(21)19-8-7-13-16(19,15(18)22)12(20)9-23-13/h1-2,4-5,13H,3,6-9H2,(H2,18,22). The summed E-state index contributed by atoms with van der Waals surface area (Å²) in [7, 11) is 0. The molecule has 1 aromatic carbocycles. The van der Waals surface area contributed by atoms with Crippen LogP contribution in [-0.4, -0.2) is 47.3 Å². The maximum Gasteiger partial charge on any atom is 0.254 e. The number of halogens is 1. The normalized spacial score (nSPS) is 26.4. The van der Waals surface area contributed by atoms with Gasteiger partial charge in [0.2, 0.25) is 11.4 Å². The lowest BCUT2D eigenvalue weighted by Gasteiger charge is -2.32. The lowest BCUT2D eigenvalue weighted by Crippen LogP contribution is -2.63. The summed E-state index contributed by atoms with van der Waals surface area (Å²) in [5.74, 6) is -1.96. The number of Topliss-reactive ketones (excluding diaryl/α,β-unsaturated/α-hetero) is 1. The zero-order valence-electron chi connectivity index (χ0n) is 12.5. The van der Waals surface area contributed by atoms with E-state index in [-0.39, 0.29) is 31.3 Å². The van der Waals surface area contributed by atoms with Crippen molar-refractivity contribution in [2.75, 3.05) is 13.2 Å². The fourth-order valence-electron chi connectivity index (χ4n) is 3.41. The van der Waals surface area contributed by atoms with E-state index >= 15 is 0 Å². The third kappa shape index (κ3) is 2.41. The third-order valence-corrected chi connectivity index (χ3v) is 4.56. The minimum Gasteiger partial charge on any atom is -0.367 e. The van der Waals surface area contributed by atoms with Crippen molar-refractivity contribution in [1.82, 2.24) is 4.90 Å². The van der Waals surface area contributed by atoms with Crippen molar-refractivity contribution in [3.63, 3.8) is 0 Å². The maximum atomic E-state index is 12.9. The van der Waals surface area contributed by atoms with Crippen LogP contribution in [0.5, 0.6) is 0 Å². The van der Waals surface area contributed by atoms with Crippen LogP contribution >= 0.6 is 0 Å². The van der Waals surface area contributed by atoms with Crippen LogP contribution < -0.4 is 5.73 Å². The van der Waals surface area contributed by atoms with E-state index in [1.807, 2.05) is 0 Å². The van der Waals surface area contributed by atoms with E-state index in [0.717, 1.165) is 5.56 Å². The molecule has 2 atom stereocenters. The minimum absolute atomic E-state index is 0.112. The smallest absolute Gasteiger partial charge is 0.254 e. The largest absolute Gasteiger partial charge is 0.367 e. The topological polar surface area (TPSA) is 89.7 Å². The Hall–Kier alpha value is -2.28. The van der Waals surface area contributed by atoms with Crippen molar-refractivity contribution in [3.8, 4) is 0 Å². The fraction of sp³-hybridized carbons (Fsp3) is 0.438. The predicted molar refractivity (Wildman–Crippen MR) is 77.7 cm³/mol. The van der Waals surface area contributed by atoms with Crippen molar-refractivity contribution < 1.29 is 23.5 Å². The molecule has 23 heavy (non-hydrogen) atoms. The maximum absolute atomic E-state index is 12.9. The van der Waals surface area contributed by atoms with Gasteiger partial charge in [0.15, 0.2) is 5.78 Å². The first kappa shape index (κ1) is 15.6. The lowest BCUT2D eigenvalue weighted by atomic mass is 9.89. The minimum atomic E-state index is -1.65. The molecule has 1 aromatic rings. The second-order valence-electron chi connectivity index (χ2n) is 5.81. The number of ketones is 1. The Morgan fingerprint density at radius 3 is 2.70 bits per heavy atom. The van der Waals surface area contributed by atoms with Crippen molar-refractivity contribution >= 4 is 17.6 Å². The van der Waals surface area contributed by atoms with Crippen LogP contribution in [0.1, 0.15) is 18.4 Å². The number of nitrogens with two attached hydrogens (primary N) is 1. The first-order chi connectivity index (χ1) is 11.0. The number of hydrogen-bond donors (Lipinski definition) is 1. The van der Waals surface area contributed by atoms with Crippen molar-refractivity contribution in [2.24, 2.45) is 5.73 Å². The summed E-state index contributed by atoms with van der Waals surface area (Å²) in [6.45, 7) is 0.0664. The van der Waals surface area contributed by atoms with Crippen LogP contribution in [0.4, 0.5) is 4.39 Å². The number of nitrogens with zero attached hydrogens (tertiary/aromatic N) is 1. The average molecular weight is 320 g/mol. The summed E-state index contributed by atoms with van der Waals surface area (Å²) < 4.78 is 18.2. The number of carbonyl (C=O) groups is 3.